The zero-order valence-electron chi connectivity index (χ0n) is 11.3. The van der Waals surface area contributed by atoms with Crippen molar-refractivity contribution in [1.29, 1.82) is 0 Å². The lowest BCUT2D eigenvalue weighted by molar-refractivity contribution is 0.0989. The Kier molecular flexibility index (Phi) is 3.40. The highest BCUT2D eigenvalue weighted by Gasteiger charge is 2.22. The van der Waals surface area contributed by atoms with Crippen LogP contribution in [0, 0.1) is 0 Å². The quantitative estimate of drug-likeness (QED) is 0.845. The number of ketones is 1. The topological polar surface area (TPSA) is 35.5 Å². The van der Waals surface area contributed by atoms with Gasteiger partial charge in [-0.15, -0.1) is 0 Å². The number of carbonyl (C=O) groups is 1. The Bertz CT molecular complexity index is 679. The van der Waals surface area contributed by atoms with Crippen molar-refractivity contribution in [2.24, 2.45) is 0 Å². The summed E-state index contributed by atoms with van der Waals surface area (Å²) in [5.74, 6) is 1.34. The summed E-state index contributed by atoms with van der Waals surface area (Å²) in [5.41, 5.74) is 1.76. The van der Waals surface area contributed by atoms with Gasteiger partial charge in [0.1, 0.15) is 0 Å². The van der Waals surface area contributed by atoms with Gasteiger partial charge in [0.2, 0.25) is 0 Å². The fourth-order valence-electron chi connectivity index (χ4n) is 2.30. The van der Waals surface area contributed by atoms with Crippen LogP contribution in [0.25, 0.3) is 0 Å². The van der Waals surface area contributed by atoms with Gasteiger partial charge in [0.15, 0.2) is 17.3 Å². The van der Waals surface area contributed by atoms with Gasteiger partial charge in [-0.2, -0.15) is 0 Å². The summed E-state index contributed by atoms with van der Waals surface area (Å²) in [6.07, 6.45) is 0.422. The molecule has 0 spiro atoms. The average molecular weight is 286 g/mol. The molecule has 0 fully saturated rings. The SMILES string of the molecule is COc1cc2c(cc1OC)C(=O)Cc1ccccc1S2. The predicted octanol–water partition coefficient (Wildman–Crippen LogP) is 3.59. The van der Waals surface area contributed by atoms with Crippen molar-refractivity contribution >= 4 is 17.5 Å². The molecule has 102 valence electrons. The minimum absolute atomic E-state index is 0.110. The Morgan fingerprint density at radius 2 is 1.70 bits per heavy atom. The molecule has 0 saturated heterocycles. The Labute approximate surface area is 121 Å². The smallest absolute Gasteiger partial charge is 0.168 e. The molecule has 3 nitrogen and oxygen atoms in total. The summed E-state index contributed by atoms with van der Waals surface area (Å²) in [7, 11) is 3.18. The second kappa shape index (κ2) is 5.21. The first-order valence-electron chi connectivity index (χ1n) is 6.28. The number of methoxy groups -OCH3 is 2. The van der Waals surface area contributed by atoms with Gasteiger partial charge in [0.25, 0.3) is 0 Å². The first kappa shape index (κ1) is 13.1. The summed E-state index contributed by atoms with van der Waals surface area (Å²) < 4.78 is 10.6. The Hall–Kier alpha value is -1.94. The highest BCUT2D eigenvalue weighted by atomic mass is 32.2. The van der Waals surface area contributed by atoms with E-state index < -0.39 is 0 Å². The lowest BCUT2D eigenvalue weighted by Crippen LogP contribution is -2.04. The van der Waals surface area contributed by atoms with E-state index in [1.165, 1.54) is 0 Å². The van der Waals surface area contributed by atoms with Gasteiger partial charge < -0.3 is 9.47 Å². The maximum absolute atomic E-state index is 12.4. The molecule has 0 aromatic heterocycles. The fraction of sp³-hybridized carbons (Fsp3) is 0.188. The molecule has 1 aliphatic rings. The molecule has 20 heavy (non-hydrogen) atoms. The highest BCUT2D eigenvalue weighted by molar-refractivity contribution is 7.99. The van der Waals surface area contributed by atoms with Gasteiger partial charge in [0.05, 0.1) is 14.2 Å². The van der Waals surface area contributed by atoms with Crippen molar-refractivity contribution in [3.63, 3.8) is 0 Å². The standard InChI is InChI=1S/C16H14O3S/c1-18-13-8-11-12(17)7-10-5-3-4-6-15(10)20-16(11)9-14(13)19-2/h3-6,8-9H,7H2,1-2H3. The third kappa shape index (κ3) is 2.16. The van der Waals surface area contributed by atoms with Crippen LogP contribution >= 0.6 is 11.8 Å². The number of fused-ring (bicyclic) bond motifs is 2. The van der Waals surface area contributed by atoms with E-state index in [0.29, 0.717) is 23.5 Å². The lowest BCUT2D eigenvalue weighted by Gasteiger charge is -2.11. The predicted molar refractivity (Wildman–Crippen MR) is 78.1 cm³/mol. The largest absolute Gasteiger partial charge is 0.493 e. The number of benzene rings is 2. The van der Waals surface area contributed by atoms with Gasteiger partial charge in [-0.05, 0) is 23.8 Å². The molecule has 2 aromatic rings. The van der Waals surface area contributed by atoms with E-state index in [0.717, 1.165) is 15.4 Å². The van der Waals surface area contributed by atoms with Crippen LogP contribution in [0.1, 0.15) is 15.9 Å². The number of hydrogen-bond acceptors (Lipinski definition) is 4. The molecule has 0 bridgehead atoms. The molecule has 0 atom stereocenters. The molecule has 1 heterocycles. The third-order valence-corrected chi connectivity index (χ3v) is 4.51. The minimum atomic E-state index is 0.110. The van der Waals surface area contributed by atoms with Crippen LogP contribution in [-0.2, 0) is 6.42 Å². The normalized spacial score (nSPS) is 13.2. The molecule has 0 N–H and O–H groups in total. The summed E-state index contributed by atoms with van der Waals surface area (Å²) in [4.78, 5) is 14.5. The number of carbonyl (C=O) groups excluding carboxylic acids is 1. The van der Waals surface area contributed by atoms with Gasteiger partial charge >= 0.3 is 0 Å². The van der Waals surface area contributed by atoms with Crippen LogP contribution in [-0.4, -0.2) is 20.0 Å². The van der Waals surface area contributed by atoms with E-state index in [4.69, 9.17) is 9.47 Å². The number of rotatable bonds is 2. The number of hydrogen-bond donors (Lipinski definition) is 0. The molecular formula is C16H14O3S. The molecule has 1 aliphatic heterocycles. The second-order valence-electron chi connectivity index (χ2n) is 4.51. The third-order valence-electron chi connectivity index (χ3n) is 3.33. The molecule has 0 radical (unpaired) electrons. The van der Waals surface area contributed by atoms with Crippen LogP contribution in [0.2, 0.25) is 0 Å². The second-order valence-corrected chi connectivity index (χ2v) is 5.60. The van der Waals surface area contributed by atoms with Crippen LogP contribution in [0.15, 0.2) is 46.2 Å². The Morgan fingerprint density at radius 3 is 2.45 bits per heavy atom. The van der Waals surface area contributed by atoms with E-state index in [1.54, 1.807) is 32.0 Å². The van der Waals surface area contributed by atoms with E-state index in [2.05, 4.69) is 0 Å². The van der Waals surface area contributed by atoms with E-state index >= 15 is 0 Å². The Morgan fingerprint density at radius 1 is 1.00 bits per heavy atom. The summed E-state index contributed by atoms with van der Waals surface area (Å²) in [6, 6.07) is 11.6. The van der Waals surface area contributed by atoms with Crippen LogP contribution < -0.4 is 9.47 Å². The first-order chi connectivity index (χ1) is 9.72. The van der Waals surface area contributed by atoms with Crippen molar-refractivity contribution < 1.29 is 14.3 Å². The maximum atomic E-state index is 12.4. The summed E-state index contributed by atoms with van der Waals surface area (Å²) in [6.45, 7) is 0. The molecular weight excluding hydrogens is 272 g/mol. The van der Waals surface area contributed by atoms with Crippen molar-refractivity contribution in [2.75, 3.05) is 14.2 Å². The lowest BCUT2D eigenvalue weighted by atomic mass is 10.0. The van der Waals surface area contributed by atoms with E-state index in [1.807, 2.05) is 30.3 Å². The van der Waals surface area contributed by atoms with E-state index in [9.17, 15) is 4.79 Å². The average Bonchev–Trinajstić information content (AvgIpc) is 2.61. The monoisotopic (exact) mass is 286 g/mol. The minimum Gasteiger partial charge on any atom is -0.493 e. The molecule has 0 saturated carbocycles. The zero-order chi connectivity index (χ0) is 14.1. The van der Waals surface area contributed by atoms with Gasteiger partial charge in [-0.25, -0.2) is 0 Å². The molecule has 4 heteroatoms. The van der Waals surface area contributed by atoms with Crippen LogP contribution in [0.4, 0.5) is 0 Å². The molecule has 2 aromatic carbocycles. The van der Waals surface area contributed by atoms with Crippen LogP contribution in [0.3, 0.4) is 0 Å². The van der Waals surface area contributed by atoms with Gasteiger partial charge in [0, 0.05) is 21.8 Å². The highest BCUT2D eigenvalue weighted by Crippen LogP contribution is 2.42. The van der Waals surface area contributed by atoms with Gasteiger partial charge in [-0.3, -0.25) is 4.79 Å². The van der Waals surface area contributed by atoms with Crippen molar-refractivity contribution in [1.82, 2.24) is 0 Å². The maximum Gasteiger partial charge on any atom is 0.168 e. The Balaban J connectivity index is 2.16. The fourth-order valence-corrected chi connectivity index (χ4v) is 3.40. The molecule has 3 rings (SSSR count). The number of Topliss-reactive ketones (excluding diaryl/α,β-unsaturated/α-hetero) is 1. The number of ether oxygens (including phenoxy) is 2. The summed E-state index contributed by atoms with van der Waals surface area (Å²) in [5, 5.41) is 0. The van der Waals surface area contributed by atoms with Crippen LogP contribution in [0.5, 0.6) is 11.5 Å². The first-order valence-corrected chi connectivity index (χ1v) is 7.09. The van der Waals surface area contributed by atoms with Gasteiger partial charge in [-0.1, -0.05) is 30.0 Å². The van der Waals surface area contributed by atoms with Crippen molar-refractivity contribution in [3.05, 3.63) is 47.5 Å². The summed E-state index contributed by atoms with van der Waals surface area (Å²) >= 11 is 1.60. The molecule has 0 unspecified atom stereocenters. The van der Waals surface area contributed by atoms with E-state index in [-0.39, 0.29) is 5.78 Å². The molecule has 0 amide bonds. The van der Waals surface area contributed by atoms with Crippen molar-refractivity contribution in [3.8, 4) is 11.5 Å². The van der Waals surface area contributed by atoms with Crippen molar-refractivity contribution in [2.45, 2.75) is 16.2 Å². The molecule has 0 aliphatic carbocycles. The zero-order valence-corrected chi connectivity index (χ0v) is 12.1.